The fraction of sp³-hybridized carbons (Fsp3) is 0.231. The number of aromatic nitrogens is 4. The van der Waals surface area contributed by atoms with E-state index >= 15 is 0 Å². The van der Waals surface area contributed by atoms with Gasteiger partial charge in [0.1, 0.15) is 5.82 Å². The molecule has 0 saturated carbocycles. The van der Waals surface area contributed by atoms with Crippen molar-refractivity contribution in [1.82, 2.24) is 25.5 Å². The molecule has 0 radical (unpaired) electrons. The summed E-state index contributed by atoms with van der Waals surface area (Å²) in [6.45, 7) is 1.56. The van der Waals surface area contributed by atoms with Gasteiger partial charge in [-0.25, -0.2) is 9.07 Å². The van der Waals surface area contributed by atoms with Crippen molar-refractivity contribution in [1.29, 1.82) is 0 Å². The summed E-state index contributed by atoms with van der Waals surface area (Å²) in [4.78, 5) is 12.5. The van der Waals surface area contributed by atoms with Crippen molar-refractivity contribution in [3.8, 4) is 0 Å². The van der Waals surface area contributed by atoms with E-state index in [2.05, 4.69) is 26.2 Å². The van der Waals surface area contributed by atoms with E-state index in [1.807, 2.05) is 54.6 Å². The van der Waals surface area contributed by atoms with Crippen LogP contribution in [0, 0.1) is 5.82 Å². The molecule has 8 nitrogen and oxygen atoms in total. The van der Waals surface area contributed by atoms with Crippen LogP contribution in [0.3, 0.4) is 0 Å². The van der Waals surface area contributed by atoms with E-state index < -0.39 is 6.10 Å². The van der Waals surface area contributed by atoms with E-state index in [0.29, 0.717) is 24.6 Å². The summed E-state index contributed by atoms with van der Waals surface area (Å²) in [6.07, 6.45) is 0.280. The van der Waals surface area contributed by atoms with Crippen molar-refractivity contribution in [2.75, 3.05) is 18.4 Å². The first kappa shape index (κ1) is 26.9. The summed E-state index contributed by atoms with van der Waals surface area (Å²) in [7, 11) is 0. The van der Waals surface area contributed by atoms with E-state index in [9.17, 15) is 14.3 Å². The lowest BCUT2D eigenvalue weighted by Crippen LogP contribution is -2.23. The van der Waals surface area contributed by atoms with Crippen molar-refractivity contribution < 1.29 is 14.3 Å². The zero-order chi connectivity index (χ0) is 24.5. The predicted molar refractivity (Wildman–Crippen MR) is 137 cm³/mol. The van der Waals surface area contributed by atoms with Gasteiger partial charge in [0.15, 0.2) is 5.82 Å². The van der Waals surface area contributed by atoms with Crippen LogP contribution in [-0.4, -0.2) is 44.3 Å². The number of amides is 1. The van der Waals surface area contributed by atoms with Gasteiger partial charge in [0, 0.05) is 12.2 Å². The van der Waals surface area contributed by atoms with Crippen LogP contribution in [0.15, 0.2) is 78.9 Å². The Morgan fingerprint density at radius 2 is 1.67 bits per heavy atom. The first-order valence-corrected chi connectivity index (χ1v) is 11.4. The number of carbonyl (C=O) groups excluding carboxylic acids is 1. The fourth-order valence-electron chi connectivity index (χ4n) is 3.60. The minimum Gasteiger partial charge on any atom is -0.387 e. The SMILES string of the molecule is Cl.O=C(Cc1nnnn1Cc1ccc(F)cc1)Nc1ccc(CCNC[C@H](O)c2ccccc2)cc1. The lowest BCUT2D eigenvalue weighted by Gasteiger charge is -2.12. The second-order valence-corrected chi connectivity index (χ2v) is 8.18. The number of halogens is 2. The van der Waals surface area contributed by atoms with Crippen LogP contribution >= 0.6 is 12.4 Å². The highest BCUT2D eigenvalue weighted by Crippen LogP contribution is 2.13. The van der Waals surface area contributed by atoms with Gasteiger partial charge in [0.25, 0.3) is 0 Å². The average Bonchev–Trinajstić information content (AvgIpc) is 3.30. The van der Waals surface area contributed by atoms with E-state index in [0.717, 1.165) is 29.7 Å². The van der Waals surface area contributed by atoms with E-state index in [-0.39, 0.29) is 30.6 Å². The molecule has 36 heavy (non-hydrogen) atoms. The minimum atomic E-state index is -0.537. The number of tetrazole rings is 1. The number of anilines is 1. The van der Waals surface area contributed by atoms with Gasteiger partial charge in [0.2, 0.25) is 5.91 Å². The van der Waals surface area contributed by atoms with Crippen LogP contribution in [0.2, 0.25) is 0 Å². The zero-order valence-electron chi connectivity index (χ0n) is 19.5. The number of nitrogens with one attached hydrogen (secondary N) is 2. The molecule has 0 aliphatic rings. The number of aliphatic hydroxyl groups excluding tert-OH is 1. The molecule has 1 heterocycles. The first-order chi connectivity index (χ1) is 17.1. The Kier molecular flexibility index (Phi) is 10.1. The molecule has 0 spiro atoms. The highest BCUT2D eigenvalue weighted by Gasteiger charge is 2.12. The topological polar surface area (TPSA) is 105 Å². The summed E-state index contributed by atoms with van der Waals surface area (Å²) in [5.41, 5.74) is 3.53. The normalized spacial score (nSPS) is 11.5. The highest BCUT2D eigenvalue weighted by atomic mass is 35.5. The van der Waals surface area contributed by atoms with Crippen molar-refractivity contribution in [2.45, 2.75) is 25.5 Å². The molecule has 1 atom stereocenters. The number of aliphatic hydroxyl groups is 1. The van der Waals surface area contributed by atoms with Gasteiger partial charge in [-0.1, -0.05) is 54.6 Å². The molecule has 10 heteroatoms. The third kappa shape index (κ3) is 7.94. The Labute approximate surface area is 215 Å². The van der Waals surface area contributed by atoms with Crippen LogP contribution < -0.4 is 10.6 Å². The Morgan fingerprint density at radius 1 is 0.972 bits per heavy atom. The average molecular weight is 511 g/mol. The van der Waals surface area contributed by atoms with Gasteiger partial charge in [-0.2, -0.15) is 0 Å². The number of hydrogen-bond donors (Lipinski definition) is 3. The largest absolute Gasteiger partial charge is 0.387 e. The van der Waals surface area contributed by atoms with Crippen LogP contribution in [-0.2, 0) is 24.2 Å². The molecule has 0 aliphatic carbocycles. The Morgan fingerprint density at radius 3 is 2.39 bits per heavy atom. The summed E-state index contributed by atoms with van der Waals surface area (Å²) < 4.78 is 14.6. The fourth-order valence-corrected chi connectivity index (χ4v) is 3.60. The van der Waals surface area contributed by atoms with Gasteiger partial charge in [-0.3, -0.25) is 4.79 Å². The molecular weight excluding hydrogens is 483 g/mol. The molecule has 1 aromatic heterocycles. The third-order valence-corrected chi connectivity index (χ3v) is 5.52. The molecule has 0 bridgehead atoms. The summed E-state index contributed by atoms with van der Waals surface area (Å²) in [5.74, 6) is -0.120. The van der Waals surface area contributed by atoms with E-state index in [1.165, 1.54) is 16.8 Å². The van der Waals surface area contributed by atoms with Crippen LogP contribution in [0.4, 0.5) is 10.1 Å². The maximum Gasteiger partial charge on any atom is 0.232 e. The Bertz CT molecular complexity index is 1220. The molecule has 0 aliphatic heterocycles. The van der Waals surface area contributed by atoms with Gasteiger partial charge in [-0.15, -0.1) is 17.5 Å². The summed E-state index contributed by atoms with van der Waals surface area (Å²) >= 11 is 0. The number of hydrogen-bond acceptors (Lipinski definition) is 6. The van der Waals surface area contributed by atoms with E-state index in [1.54, 1.807) is 12.1 Å². The van der Waals surface area contributed by atoms with Crippen molar-refractivity contribution in [2.24, 2.45) is 0 Å². The number of carbonyl (C=O) groups is 1. The van der Waals surface area contributed by atoms with Gasteiger partial charge >= 0.3 is 0 Å². The molecule has 0 saturated heterocycles. The lowest BCUT2D eigenvalue weighted by atomic mass is 10.1. The smallest absolute Gasteiger partial charge is 0.232 e. The molecule has 3 N–H and O–H groups in total. The minimum absolute atomic E-state index is 0. The summed E-state index contributed by atoms with van der Waals surface area (Å²) in [5, 5.41) is 27.9. The summed E-state index contributed by atoms with van der Waals surface area (Å²) in [6, 6.07) is 23.3. The van der Waals surface area contributed by atoms with Crippen molar-refractivity contribution in [3.05, 3.63) is 107 Å². The monoisotopic (exact) mass is 510 g/mol. The molecule has 4 aromatic rings. The van der Waals surface area contributed by atoms with Gasteiger partial charge in [-0.05, 0) is 64.3 Å². The first-order valence-electron chi connectivity index (χ1n) is 11.4. The Balaban J connectivity index is 0.00000361. The second-order valence-electron chi connectivity index (χ2n) is 8.18. The second kappa shape index (κ2) is 13.4. The maximum absolute atomic E-state index is 13.1. The molecule has 0 fully saturated rings. The Hall–Kier alpha value is -3.66. The third-order valence-electron chi connectivity index (χ3n) is 5.52. The standard InChI is InChI=1S/C26H27FN6O2.ClH/c27-22-10-6-20(7-11-22)18-33-25(30-31-32-33)16-26(35)29-23-12-8-19(9-13-23)14-15-28-17-24(34)21-4-2-1-3-5-21;/h1-13,24,28,34H,14-18H2,(H,29,35);1H/t24-;/m0./s1. The molecule has 0 unspecified atom stereocenters. The molecule has 1 amide bonds. The number of nitrogens with zero attached hydrogens (tertiary/aromatic N) is 4. The molecule has 4 rings (SSSR count). The van der Waals surface area contributed by atoms with Crippen molar-refractivity contribution >= 4 is 24.0 Å². The lowest BCUT2D eigenvalue weighted by molar-refractivity contribution is -0.115. The molecule has 188 valence electrons. The van der Waals surface area contributed by atoms with Gasteiger partial charge < -0.3 is 15.7 Å². The van der Waals surface area contributed by atoms with E-state index in [4.69, 9.17) is 0 Å². The molecular formula is C26H28ClFN6O2. The molecule has 3 aromatic carbocycles. The maximum atomic E-state index is 13.1. The predicted octanol–water partition coefficient (Wildman–Crippen LogP) is 3.33. The van der Waals surface area contributed by atoms with Crippen LogP contribution in [0.1, 0.15) is 28.6 Å². The highest BCUT2D eigenvalue weighted by molar-refractivity contribution is 5.91. The van der Waals surface area contributed by atoms with Crippen LogP contribution in [0.25, 0.3) is 0 Å². The van der Waals surface area contributed by atoms with Crippen LogP contribution in [0.5, 0.6) is 0 Å². The van der Waals surface area contributed by atoms with Gasteiger partial charge in [0.05, 0.1) is 19.1 Å². The number of rotatable bonds is 11. The van der Waals surface area contributed by atoms with Crippen molar-refractivity contribution in [3.63, 3.8) is 0 Å². The number of benzene rings is 3. The zero-order valence-corrected chi connectivity index (χ0v) is 20.4. The quantitative estimate of drug-likeness (QED) is 0.267.